The highest BCUT2D eigenvalue weighted by molar-refractivity contribution is 6.29. The SMILES string of the molecule is CC(C)c1ccc(CC(=O)N2CCN(c3cnc(Cl)cn3)CC2)cc1. The van der Waals surface area contributed by atoms with Gasteiger partial charge in [-0.05, 0) is 17.0 Å². The minimum absolute atomic E-state index is 0.180. The molecule has 25 heavy (non-hydrogen) atoms. The van der Waals surface area contributed by atoms with Crippen molar-refractivity contribution in [3.63, 3.8) is 0 Å². The summed E-state index contributed by atoms with van der Waals surface area (Å²) < 4.78 is 0. The van der Waals surface area contributed by atoms with Crippen LogP contribution < -0.4 is 4.90 Å². The van der Waals surface area contributed by atoms with Crippen molar-refractivity contribution in [2.24, 2.45) is 0 Å². The van der Waals surface area contributed by atoms with E-state index in [1.807, 2.05) is 4.90 Å². The van der Waals surface area contributed by atoms with Crippen molar-refractivity contribution in [2.75, 3.05) is 31.1 Å². The van der Waals surface area contributed by atoms with Crippen molar-refractivity contribution in [1.29, 1.82) is 0 Å². The van der Waals surface area contributed by atoms with Crippen LogP contribution in [0, 0.1) is 0 Å². The van der Waals surface area contributed by atoms with Crippen LogP contribution in [0.1, 0.15) is 30.9 Å². The predicted molar refractivity (Wildman–Crippen MR) is 100 cm³/mol. The number of nitrogens with zero attached hydrogens (tertiary/aromatic N) is 4. The molecule has 2 heterocycles. The molecule has 0 unspecified atom stereocenters. The van der Waals surface area contributed by atoms with Gasteiger partial charge in [0, 0.05) is 26.2 Å². The van der Waals surface area contributed by atoms with Gasteiger partial charge in [0.1, 0.15) is 11.0 Å². The molecule has 3 rings (SSSR count). The van der Waals surface area contributed by atoms with E-state index in [0.717, 1.165) is 24.5 Å². The van der Waals surface area contributed by atoms with Crippen LogP contribution in [0.3, 0.4) is 0 Å². The third-order valence-corrected chi connectivity index (χ3v) is 4.76. The van der Waals surface area contributed by atoms with Crippen LogP contribution in [-0.4, -0.2) is 47.0 Å². The van der Waals surface area contributed by atoms with Crippen LogP contribution in [0.4, 0.5) is 5.82 Å². The maximum Gasteiger partial charge on any atom is 0.227 e. The molecule has 0 N–H and O–H groups in total. The molecule has 1 saturated heterocycles. The highest BCUT2D eigenvalue weighted by Crippen LogP contribution is 2.17. The van der Waals surface area contributed by atoms with Crippen molar-refractivity contribution >= 4 is 23.3 Å². The van der Waals surface area contributed by atoms with Gasteiger partial charge in [0.15, 0.2) is 0 Å². The molecule has 1 aromatic heterocycles. The Labute approximate surface area is 153 Å². The largest absolute Gasteiger partial charge is 0.352 e. The molecule has 1 aliphatic heterocycles. The Morgan fingerprint density at radius 1 is 1.08 bits per heavy atom. The molecular formula is C19H23ClN4O. The van der Waals surface area contributed by atoms with Crippen molar-refractivity contribution in [1.82, 2.24) is 14.9 Å². The summed E-state index contributed by atoms with van der Waals surface area (Å²) in [6, 6.07) is 8.36. The number of aromatic nitrogens is 2. The molecular weight excluding hydrogens is 336 g/mol. The lowest BCUT2D eigenvalue weighted by atomic mass is 10.0. The Hall–Kier alpha value is -2.14. The highest BCUT2D eigenvalue weighted by Gasteiger charge is 2.22. The van der Waals surface area contributed by atoms with Gasteiger partial charge in [0.05, 0.1) is 18.8 Å². The van der Waals surface area contributed by atoms with Gasteiger partial charge in [-0.25, -0.2) is 9.97 Å². The molecule has 1 aliphatic rings. The van der Waals surface area contributed by atoms with Gasteiger partial charge >= 0.3 is 0 Å². The lowest BCUT2D eigenvalue weighted by Crippen LogP contribution is -2.49. The maximum absolute atomic E-state index is 12.5. The van der Waals surface area contributed by atoms with E-state index < -0.39 is 0 Å². The number of rotatable bonds is 4. The summed E-state index contributed by atoms with van der Waals surface area (Å²) in [5.41, 5.74) is 2.37. The quantitative estimate of drug-likeness (QED) is 0.842. The van der Waals surface area contributed by atoms with E-state index >= 15 is 0 Å². The van der Waals surface area contributed by atoms with Gasteiger partial charge in [-0.1, -0.05) is 49.7 Å². The minimum Gasteiger partial charge on any atom is -0.352 e. The van der Waals surface area contributed by atoms with Gasteiger partial charge < -0.3 is 9.80 Å². The number of carbonyl (C=O) groups excluding carboxylic acids is 1. The molecule has 0 saturated carbocycles. The molecule has 0 aliphatic carbocycles. The van der Waals surface area contributed by atoms with Crippen molar-refractivity contribution in [3.8, 4) is 0 Å². The molecule has 0 spiro atoms. The topological polar surface area (TPSA) is 49.3 Å². The first-order valence-electron chi connectivity index (χ1n) is 8.62. The Kier molecular flexibility index (Phi) is 5.53. The molecule has 2 aromatic rings. The van der Waals surface area contributed by atoms with Crippen molar-refractivity contribution in [2.45, 2.75) is 26.2 Å². The number of hydrogen-bond donors (Lipinski definition) is 0. The zero-order valence-electron chi connectivity index (χ0n) is 14.7. The molecule has 0 radical (unpaired) electrons. The average Bonchev–Trinajstić information content (AvgIpc) is 2.63. The Morgan fingerprint density at radius 3 is 2.32 bits per heavy atom. The summed E-state index contributed by atoms with van der Waals surface area (Å²) in [6.07, 6.45) is 3.68. The molecule has 5 nitrogen and oxygen atoms in total. The summed E-state index contributed by atoms with van der Waals surface area (Å²) in [5, 5.41) is 0.390. The Bertz CT molecular complexity index is 707. The van der Waals surface area contributed by atoms with Gasteiger partial charge in [-0.3, -0.25) is 4.79 Å². The second-order valence-corrected chi connectivity index (χ2v) is 7.03. The number of amides is 1. The molecule has 6 heteroatoms. The third kappa shape index (κ3) is 4.48. The second-order valence-electron chi connectivity index (χ2n) is 6.64. The Balaban J connectivity index is 1.53. The molecule has 0 bridgehead atoms. The first-order chi connectivity index (χ1) is 12.0. The van der Waals surface area contributed by atoms with Gasteiger partial charge in [0.2, 0.25) is 5.91 Å². The number of piperazine rings is 1. The number of carbonyl (C=O) groups is 1. The van der Waals surface area contributed by atoms with Crippen LogP contribution in [-0.2, 0) is 11.2 Å². The van der Waals surface area contributed by atoms with E-state index in [1.165, 1.54) is 5.56 Å². The fourth-order valence-corrected chi connectivity index (χ4v) is 3.06. The van der Waals surface area contributed by atoms with Crippen LogP contribution in [0.15, 0.2) is 36.7 Å². The number of benzene rings is 1. The van der Waals surface area contributed by atoms with Gasteiger partial charge in [-0.15, -0.1) is 0 Å². The summed E-state index contributed by atoms with van der Waals surface area (Å²) in [7, 11) is 0. The monoisotopic (exact) mass is 358 g/mol. The highest BCUT2D eigenvalue weighted by atomic mass is 35.5. The van der Waals surface area contributed by atoms with Crippen LogP contribution in [0.2, 0.25) is 5.15 Å². The summed E-state index contributed by atoms with van der Waals surface area (Å²) in [6.45, 7) is 7.26. The first kappa shape index (κ1) is 17.7. The summed E-state index contributed by atoms with van der Waals surface area (Å²) >= 11 is 5.77. The third-order valence-electron chi connectivity index (χ3n) is 4.56. The number of halogens is 1. The van der Waals surface area contributed by atoms with Crippen molar-refractivity contribution in [3.05, 3.63) is 52.9 Å². The smallest absolute Gasteiger partial charge is 0.227 e. The zero-order chi connectivity index (χ0) is 17.8. The van der Waals surface area contributed by atoms with E-state index in [1.54, 1.807) is 12.4 Å². The molecule has 0 atom stereocenters. The van der Waals surface area contributed by atoms with Crippen LogP contribution >= 0.6 is 11.6 Å². The predicted octanol–water partition coefficient (Wildman–Crippen LogP) is 3.14. The summed E-state index contributed by atoms with van der Waals surface area (Å²) in [5.74, 6) is 1.49. The standard InChI is InChI=1S/C19H23ClN4O/c1-14(2)16-5-3-15(4-6-16)11-19(25)24-9-7-23(8-10-24)18-13-21-17(20)12-22-18/h3-6,12-14H,7-11H2,1-2H3. The van der Waals surface area contributed by atoms with Crippen molar-refractivity contribution < 1.29 is 4.79 Å². The van der Waals surface area contributed by atoms with E-state index in [2.05, 4.69) is 53.0 Å². The fraction of sp³-hybridized carbons (Fsp3) is 0.421. The Morgan fingerprint density at radius 2 is 1.76 bits per heavy atom. The maximum atomic E-state index is 12.5. The fourth-order valence-electron chi connectivity index (χ4n) is 2.96. The summed E-state index contributed by atoms with van der Waals surface area (Å²) in [4.78, 5) is 24.9. The zero-order valence-corrected chi connectivity index (χ0v) is 15.4. The molecule has 132 valence electrons. The minimum atomic E-state index is 0.180. The van der Waals surface area contributed by atoms with Crippen LogP contribution in [0.25, 0.3) is 0 Å². The first-order valence-corrected chi connectivity index (χ1v) is 9.00. The van der Waals surface area contributed by atoms with Gasteiger partial charge in [-0.2, -0.15) is 0 Å². The lowest BCUT2D eigenvalue weighted by molar-refractivity contribution is -0.130. The average molecular weight is 359 g/mol. The normalized spacial score (nSPS) is 14.9. The number of hydrogen-bond acceptors (Lipinski definition) is 4. The molecule has 1 aromatic carbocycles. The molecule has 1 fully saturated rings. The number of anilines is 1. The second kappa shape index (κ2) is 7.83. The lowest BCUT2D eigenvalue weighted by Gasteiger charge is -2.35. The van der Waals surface area contributed by atoms with Crippen LogP contribution in [0.5, 0.6) is 0 Å². The van der Waals surface area contributed by atoms with E-state index in [0.29, 0.717) is 30.6 Å². The van der Waals surface area contributed by atoms with Gasteiger partial charge in [0.25, 0.3) is 0 Å². The van der Waals surface area contributed by atoms with E-state index in [9.17, 15) is 4.79 Å². The molecule has 1 amide bonds. The van der Waals surface area contributed by atoms with E-state index in [-0.39, 0.29) is 5.91 Å². The van der Waals surface area contributed by atoms with E-state index in [4.69, 9.17) is 11.6 Å².